The monoisotopic (exact) mass is 329 g/mol. The molecular formula is C17H20ClN5. The van der Waals surface area contributed by atoms with E-state index < -0.39 is 0 Å². The van der Waals surface area contributed by atoms with Gasteiger partial charge in [0, 0.05) is 37.7 Å². The topological polar surface area (TPSA) is 47.7 Å². The van der Waals surface area contributed by atoms with Crippen LogP contribution in [0.4, 0.5) is 0 Å². The Bertz CT molecular complexity index is 774. The summed E-state index contributed by atoms with van der Waals surface area (Å²) in [5.41, 5.74) is 2.09. The molecule has 3 rings (SSSR count). The van der Waals surface area contributed by atoms with Crippen molar-refractivity contribution < 1.29 is 0 Å². The van der Waals surface area contributed by atoms with Gasteiger partial charge in [0.05, 0.1) is 17.8 Å². The van der Waals surface area contributed by atoms with E-state index in [4.69, 9.17) is 11.6 Å². The molecule has 2 heterocycles. The zero-order chi connectivity index (χ0) is 16.4. The van der Waals surface area contributed by atoms with E-state index >= 15 is 0 Å². The number of hydrogen-bond acceptors (Lipinski definition) is 3. The lowest BCUT2D eigenvalue weighted by Gasteiger charge is -2.22. The van der Waals surface area contributed by atoms with Gasteiger partial charge in [0.2, 0.25) is 0 Å². The van der Waals surface area contributed by atoms with E-state index in [1.54, 1.807) is 0 Å². The Kier molecular flexibility index (Phi) is 4.50. The van der Waals surface area contributed by atoms with E-state index in [1.807, 2.05) is 72.3 Å². The van der Waals surface area contributed by atoms with Gasteiger partial charge in [-0.05, 0) is 30.7 Å². The van der Waals surface area contributed by atoms with Crippen molar-refractivity contribution in [3.8, 4) is 0 Å². The summed E-state index contributed by atoms with van der Waals surface area (Å²) in [5.74, 6) is 0.986. The first kappa shape index (κ1) is 15.8. The zero-order valence-corrected chi connectivity index (χ0v) is 14.2. The molecular weight excluding hydrogens is 310 g/mol. The van der Waals surface area contributed by atoms with Gasteiger partial charge in [0.1, 0.15) is 5.82 Å². The third-order valence-electron chi connectivity index (χ3n) is 3.90. The molecule has 2 unspecified atom stereocenters. The first-order valence-electron chi connectivity index (χ1n) is 7.53. The lowest BCUT2D eigenvalue weighted by atomic mass is 10.0. The minimum Gasteiger partial charge on any atom is -0.337 e. The van der Waals surface area contributed by atoms with Crippen LogP contribution >= 0.6 is 11.6 Å². The number of aromatic nitrogens is 4. The Balaban J connectivity index is 1.92. The van der Waals surface area contributed by atoms with Crippen LogP contribution in [0, 0.1) is 0 Å². The molecule has 0 saturated carbocycles. The molecule has 5 nitrogen and oxygen atoms in total. The average molecular weight is 330 g/mol. The van der Waals surface area contributed by atoms with Crippen LogP contribution in [0.25, 0.3) is 0 Å². The van der Waals surface area contributed by atoms with Crippen LogP contribution in [0.5, 0.6) is 0 Å². The zero-order valence-electron chi connectivity index (χ0n) is 13.4. The summed E-state index contributed by atoms with van der Waals surface area (Å²) in [4.78, 5) is 4.43. The van der Waals surface area contributed by atoms with Crippen molar-refractivity contribution >= 4 is 11.6 Å². The molecule has 0 radical (unpaired) electrons. The normalized spacial score (nSPS) is 13.9. The van der Waals surface area contributed by atoms with Crippen LogP contribution in [0.1, 0.15) is 36.1 Å². The number of rotatable bonds is 5. The molecule has 120 valence electrons. The molecule has 1 aromatic carbocycles. The highest BCUT2D eigenvalue weighted by molar-refractivity contribution is 6.30. The highest BCUT2D eigenvalue weighted by Gasteiger charge is 2.21. The van der Waals surface area contributed by atoms with Crippen molar-refractivity contribution in [1.29, 1.82) is 0 Å². The summed E-state index contributed by atoms with van der Waals surface area (Å²) >= 11 is 6.02. The molecule has 1 N–H and O–H groups in total. The van der Waals surface area contributed by atoms with Crippen LogP contribution < -0.4 is 5.32 Å². The molecule has 0 fully saturated rings. The van der Waals surface area contributed by atoms with Crippen LogP contribution in [0.3, 0.4) is 0 Å². The summed E-state index contributed by atoms with van der Waals surface area (Å²) in [6.07, 6.45) is 5.71. The number of imidazole rings is 1. The molecule has 2 atom stereocenters. The van der Waals surface area contributed by atoms with Gasteiger partial charge in [-0.25, -0.2) is 4.98 Å². The summed E-state index contributed by atoms with van der Waals surface area (Å²) in [6.45, 7) is 2.11. The molecule has 0 bridgehead atoms. The molecule has 0 aliphatic heterocycles. The maximum atomic E-state index is 6.02. The van der Waals surface area contributed by atoms with Gasteiger partial charge < -0.3 is 4.57 Å². The van der Waals surface area contributed by atoms with E-state index in [0.29, 0.717) is 0 Å². The molecule has 0 aliphatic rings. The van der Waals surface area contributed by atoms with Crippen molar-refractivity contribution in [3.05, 3.63) is 71.0 Å². The third-order valence-corrected chi connectivity index (χ3v) is 4.15. The number of nitrogens with one attached hydrogen (secondary N) is 1. The highest BCUT2D eigenvalue weighted by atomic mass is 35.5. The van der Waals surface area contributed by atoms with Gasteiger partial charge in [-0.2, -0.15) is 5.10 Å². The van der Waals surface area contributed by atoms with Gasteiger partial charge >= 0.3 is 0 Å². The Labute approximate surface area is 140 Å². The maximum absolute atomic E-state index is 6.02. The molecule has 6 heteroatoms. The fourth-order valence-electron chi connectivity index (χ4n) is 2.71. The van der Waals surface area contributed by atoms with Gasteiger partial charge in [0.15, 0.2) is 0 Å². The standard InChI is InChI=1S/C17H20ClN5/c1-12(17-19-9-11-22(17)2)20-16(15-8-10-23(3)21-15)13-4-6-14(18)7-5-13/h4-12,16,20H,1-3H3. The Hall–Kier alpha value is -2.11. The van der Waals surface area contributed by atoms with Gasteiger partial charge in [-0.3, -0.25) is 10.00 Å². The fraction of sp³-hybridized carbons (Fsp3) is 0.294. The Morgan fingerprint density at radius 1 is 1.09 bits per heavy atom. The van der Waals surface area contributed by atoms with Crippen LogP contribution in [0.2, 0.25) is 5.02 Å². The number of hydrogen-bond donors (Lipinski definition) is 1. The smallest absolute Gasteiger partial charge is 0.125 e. The molecule has 3 aromatic rings. The van der Waals surface area contributed by atoms with Crippen molar-refractivity contribution in [2.24, 2.45) is 14.1 Å². The van der Waals surface area contributed by atoms with Crippen LogP contribution in [-0.4, -0.2) is 19.3 Å². The SMILES string of the molecule is CC(NC(c1ccc(Cl)cc1)c1ccn(C)n1)c1nccn1C. The van der Waals surface area contributed by atoms with E-state index in [1.165, 1.54) is 0 Å². The van der Waals surface area contributed by atoms with Gasteiger partial charge in [0.25, 0.3) is 0 Å². The Morgan fingerprint density at radius 2 is 1.83 bits per heavy atom. The number of halogens is 1. The van der Waals surface area contributed by atoms with Crippen LogP contribution in [-0.2, 0) is 14.1 Å². The highest BCUT2D eigenvalue weighted by Crippen LogP contribution is 2.25. The third kappa shape index (κ3) is 3.46. The predicted octanol–water partition coefficient (Wildman–Crippen LogP) is 3.25. The van der Waals surface area contributed by atoms with Crippen molar-refractivity contribution in [2.45, 2.75) is 19.0 Å². The van der Waals surface area contributed by atoms with Crippen molar-refractivity contribution in [2.75, 3.05) is 0 Å². The van der Waals surface area contributed by atoms with E-state index in [9.17, 15) is 0 Å². The van der Waals surface area contributed by atoms with Crippen LogP contribution in [0.15, 0.2) is 48.9 Å². The lowest BCUT2D eigenvalue weighted by Crippen LogP contribution is -2.27. The molecule has 0 spiro atoms. The summed E-state index contributed by atoms with van der Waals surface area (Å²) in [7, 11) is 3.92. The quantitative estimate of drug-likeness (QED) is 0.781. The number of benzene rings is 1. The summed E-state index contributed by atoms with van der Waals surface area (Å²) in [6, 6.07) is 9.94. The fourth-order valence-corrected chi connectivity index (χ4v) is 2.84. The maximum Gasteiger partial charge on any atom is 0.125 e. The average Bonchev–Trinajstić information content (AvgIpc) is 3.14. The number of aryl methyl sites for hydroxylation is 2. The second-order valence-electron chi connectivity index (χ2n) is 5.68. The summed E-state index contributed by atoms with van der Waals surface area (Å²) in [5, 5.41) is 8.91. The lowest BCUT2D eigenvalue weighted by molar-refractivity contribution is 0.475. The second-order valence-corrected chi connectivity index (χ2v) is 6.12. The van der Waals surface area contributed by atoms with E-state index in [-0.39, 0.29) is 12.1 Å². The van der Waals surface area contributed by atoms with E-state index in [0.717, 1.165) is 22.1 Å². The van der Waals surface area contributed by atoms with Crippen molar-refractivity contribution in [3.63, 3.8) is 0 Å². The molecule has 0 saturated heterocycles. The van der Waals surface area contributed by atoms with Gasteiger partial charge in [-0.15, -0.1) is 0 Å². The summed E-state index contributed by atoms with van der Waals surface area (Å²) < 4.78 is 3.83. The molecule has 0 aliphatic carbocycles. The minimum atomic E-state index is -0.0276. The second kappa shape index (κ2) is 6.56. The predicted molar refractivity (Wildman–Crippen MR) is 91.3 cm³/mol. The first-order valence-corrected chi connectivity index (χ1v) is 7.90. The van der Waals surface area contributed by atoms with Gasteiger partial charge in [-0.1, -0.05) is 23.7 Å². The van der Waals surface area contributed by atoms with Crippen molar-refractivity contribution in [1.82, 2.24) is 24.6 Å². The molecule has 2 aromatic heterocycles. The molecule has 0 amide bonds. The largest absolute Gasteiger partial charge is 0.337 e. The Morgan fingerprint density at radius 3 is 2.39 bits per heavy atom. The van der Waals surface area contributed by atoms with E-state index in [2.05, 4.69) is 22.3 Å². The molecule has 23 heavy (non-hydrogen) atoms. The number of nitrogens with zero attached hydrogens (tertiary/aromatic N) is 4. The minimum absolute atomic E-state index is 0.0276. The first-order chi connectivity index (χ1) is 11.0.